The second-order valence-corrected chi connectivity index (χ2v) is 7.36. The van der Waals surface area contributed by atoms with Gasteiger partial charge in [0.15, 0.2) is 11.5 Å². The third kappa shape index (κ3) is 2.90. The monoisotopic (exact) mass is 359 g/mol. The minimum Gasteiger partial charge on any atom is -0.454 e. The van der Waals surface area contributed by atoms with Crippen LogP contribution in [0.1, 0.15) is 6.92 Å². The summed E-state index contributed by atoms with van der Waals surface area (Å²) in [5.74, 6) is 1.24. The highest BCUT2D eigenvalue weighted by Gasteiger charge is 2.19. The number of benzene rings is 1. The summed E-state index contributed by atoms with van der Waals surface area (Å²) in [5.41, 5.74) is 0.681. The van der Waals surface area contributed by atoms with Gasteiger partial charge in [-0.1, -0.05) is 11.8 Å². The van der Waals surface area contributed by atoms with Gasteiger partial charge in [-0.25, -0.2) is 9.97 Å². The first-order valence-electron chi connectivity index (χ1n) is 7.26. The number of thiophene rings is 1. The zero-order valence-corrected chi connectivity index (χ0v) is 14.3. The first kappa shape index (κ1) is 15.2. The van der Waals surface area contributed by atoms with Gasteiger partial charge in [-0.15, -0.1) is 11.3 Å². The molecule has 0 radical (unpaired) electrons. The second kappa shape index (κ2) is 6.29. The van der Waals surface area contributed by atoms with Gasteiger partial charge in [0.2, 0.25) is 12.7 Å². The number of carbonyl (C=O) groups is 1. The number of amides is 1. The standard InChI is InChI=1S/C16H13N3O3S2/c1-9(24-16-11-4-5-23-15(11)17-7-18-16)14(20)19-10-2-3-12-13(6-10)22-8-21-12/h2-7,9H,8H2,1H3,(H,19,20)/t9-/m1/s1. The van der Waals surface area contributed by atoms with E-state index in [2.05, 4.69) is 15.3 Å². The molecule has 1 N–H and O–H groups in total. The van der Waals surface area contributed by atoms with E-state index in [1.165, 1.54) is 18.1 Å². The zero-order chi connectivity index (χ0) is 16.5. The molecule has 1 amide bonds. The molecule has 1 atom stereocenters. The van der Waals surface area contributed by atoms with Crippen LogP contribution in [0.2, 0.25) is 0 Å². The fourth-order valence-corrected chi connectivity index (χ4v) is 4.00. The van der Waals surface area contributed by atoms with Crippen LogP contribution in [-0.4, -0.2) is 27.9 Å². The zero-order valence-electron chi connectivity index (χ0n) is 12.7. The van der Waals surface area contributed by atoms with E-state index in [0.717, 1.165) is 15.2 Å². The molecule has 0 bridgehead atoms. The average molecular weight is 359 g/mol. The highest BCUT2D eigenvalue weighted by molar-refractivity contribution is 8.00. The Bertz CT molecular complexity index is 912. The van der Waals surface area contributed by atoms with Gasteiger partial charge in [0.25, 0.3) is 0 Å². The van der Waals surface area contributed by atoms with E-state index in [1.54, 1.807) is 29.5 Å². The van der Waals surface area contributed by atoms with Gasteiger partial charge in [-0.3, -0.25) is 4.79 Å². The van der Waals surface area contributed by atoms with Crippen LogP contribution in [0.25, 0.3) is 10.2 Å². The van der Waals surface area contributed by atoms with Crippen molar-refractivity contribution in [3.8, 4) is 11.5 Å². The molecular weight excluding hydrogens is 346 g/mol. The van der Waals surface area contributed by atoms with Crippen LogP contribution in [0, 0.1) is 0 Å². The van der Waals surface area contributed by atoms with Crippen LogP contribution in [0.15, 0.2) is 41.0 Å². The predicted octanol–water partition coefficient (Wildman–Crippen LogP) is 3.54. The Balaban J connectivity index is 1.47. The van der Waals surface area contributed by atoms with E-state index >= 15 is 0 Å². The van der Waals surface area contributed by atoms with E-state index in [9.17, 15) is 4.79 Å². The number of ether oxygens (including phenoxy) is 2. The van der Waals surface area contributed by atoms with Gasteiger partial charge in [-0.2, -0.15) is 0 Å². The quantitative estimate of drug-likeness (QED) is 0.567. The molecule has 1 aromatic carbocycles. The molecule has 0 fully saturated rings. The maximum Gasteiger partial charge on any atom is 0.237 e. The van der Waals surface area contributed by atoms with Crippen LogP contribution in [-0.2, 0) is 4.79 Å². The lowest BCUT2D eigenvalue weighted by Crippen LogP contribution is -2.22. The summed E-state index contributed by atoms with van der Waals surface area (Å²) in [7, 11) is 0. The summed E-state index contributed by atoms with van der Waals surface area (Å²) in [6, 6.07) is 7.32. The molecule has 1 aliphatic rings. The maximum absolute atomic E-state index is 12.4. The number of hydrogen-bond acceptors (Lipinski definition) is 7. The molecule has 0 spiro atoms. The number of thioether (sulfide) groups is 1. The molecule has 0 aliphatic carbocycles. The summed E-state index contributed by atoms with van der Waals surface area (Å²) in [6.45, 7) is 2.07. The number of aromatic nitrogens is 2. The topological polar surface area (TPSA) is 73.3 Å². The number of fused-ring (bicyclic) bond motifs is 2. The van der Waals surface area contributed by atoms with E-state index in [0.29, 0.717) is 17.2 Å². The van der Waals surface area contributed by atoms with E-state index in [1.807, 2.05) is 18.4 Å². The number of carbonyl (C=O) groups excluding carboxylic acids is 1. The molecule has 0 saturated heterocycles. The van der Waals surface area contributed by atoms with Crippen molar-refractivity contribution in [2.45, 2.75) is 17.2 Å². The molecule has 4 rings (SSSR count). The third-order valence-electron chi connectivity index (χ3n) is 3.52. The van der Waals surface area contributed by atoms with Gasteiger partial charge in [0.05, 0.1) is 5.25 Å². The molecule has 3 heterocycles. The molecule has 0 saturated carbocycles. The molecule has 2 aromatic heterocycles. The van der Waals surface area contributed by atoms with Crippen LogP contribution < -0.4 is 14.8 Å². The van der Waals surface area contributed by atoms with Crippen molar-refractivity contribution in [1.82, 2.24) is 9.97 Å². The summed E-state index contributed by atoms with van der Waals surface area (Å²) in [6.07, 6.45) is 1.53. The molecule has 0 unspecified atom stereocenters. The summed E-state index contributed by atoms with van der Waals surface area (Å²) >= 11 is 2.98. The number of nitrogens with zero attached hydrogens (tertiary/aromatic N) is 2. The third-order valence-corrected chi connectivity index (χ3v) is 5.46. The van der Waals surface area contributed by atoms with Crippen molar-refractivity contribution in [3.63, 3.8) is 0 Å². The lowest BCUT2D eigenvalue weighted by Gasteiger charge is -2.12. The van der Waals surface area contributed by atoms with Crippen LogP contribution in [0.3, 0.4) is 0 Å². The smallest absolute Gasteiger partial charge is 0.237 e. The second-order valence-electron chi connectivity index (χ2n) is 5.14. The predicted molar refractivity (Wildman–Crippen MR) is 93.9 cm³/mol. The molecule has 24 heavy (non-hydrogen) atoms. The van der Waals surface area contributed by atoms with E-state index in [4.69, 9.17) is 9.47 Å². The first-order valence-corrected chi connectivity index (χ1v) is 9.02. The lowest BCUT2D eigenvalue weighted by molar-refractivity contribution is -0.115. The van der Waals surface area contributed by atoms with Crippen molar-refractivity contribution in [3.05, 3.63) is 36.0 Å². The Hall–Kier alpha value is -2.32. The van der Waals surface area contributed by atoms with Gasteiger partial charge < -0.3 is 14.8 Å². The molecule has 8 heteroatoms. The minimum atomic E-state index is -0.298. The first-order chi connectivity index (χ1) is 11.7. The lowest BCUT2D eigenvalue weighted by atomic mass is 10.2. The van der Waals surface area contributed by atoms with E-state index < -0.39 is 0 Å². The normalized spacial score (nSPS) is 13.9. The average Bonchev–Trinajstić information content (AvgIpc) is 3.23. The highest BCUT2D eigenvalue weighted by atomic mass is 32.2. The Kier molecular flexibility index (Phi) is 3.99. The summed E-state index contributed by atoms with van der Waals surface area (Å²) in [4.78, 5) is 21.9. The largest absolute Gasteiger partial charge is 0.454 e. The Labute approximate surface area is 146 Å². The number of hydrogen-bond donors (Lipinski definition) is 1. The van der Waals surface area contributed by atoms with Crippen LogP contribution in [0.5, 0.6) is 11.5 Å². The fraction of sp³-hybridized carbons (Fsp3) is 0.188. The van der Waals surface area contributed by atoms with Crippen LogP contribution in [0.4, 0.5) is 5.69 Å². The van der Waals surface area contributed by atoms with Gasteiger partial charge in [0, 0.05) is 17.1 Å². The molecule has 3 aromatic rings. The maximum atomic E-state index is 12.4. The summed E-state index contributed by atoms with van der Waals surface area (Å²) < 4.78 is 10.6. The molecular formula is C16H13N3O3S2. The van der Waals surface area contributed by atoms with Crippen molar-refractivity contribution in [2.75, 3.05) is 12.1 Å². The van der Waals surface area contributed by atoms with E-state index in [-0.39, 0.29) is 18.0 Å². The fourth-order valence-electron chi connectivity index (χ4n) is 2.30. The number of nitrogens with one attached hydrogen (secondary N) is 1. The minimum absolute atomic E-state index is 0.0964. The van der Waals surface area contributed by atoms with Crippen molar-refractivity contribution in [2.24, 2.45) is 0 Å². The highest BCUT2D eigenvalue weighted by Crippen LogP contribution is 2.35. The van der Waals surface area contributed by atoms with Gasteiger partial charge in [0.1, 0.15) is 16.2 Å². The molecule has 1 aliphatic heterocycles. The SMILES string of the molecule is C[C@@H](Sc1ncnc2sccc12)C(=O)Nc1ccc2c(c1)OCO2. The van der Waals surface area contributed by atoms with Crippen molar-refractivity contribution in [1.29, 1.82) is 0 Å². The van der Waals surface area contributed by atoms with Crippen molar-refractivity contribution >= 4 is 44.9 Å². The Morgan fingerprint density at radius 2 is 2.17 bits per heavy atom. The number of rotatable bonds is 4. The van der Waals surface area contributed by atoms with Gasteiger partial charge >= 0.3 is 0 Å². The van der Waals surface area contributed by atoms with Crippen molar-refractivity contribution < 1.29 is 14.3 Å². The van der Waals surface area contributed by atoms with Gasteiger partial charge in [-0.05, 0) is 30.5 Å². The molecule has 122 valence electrons. The molecule has 6 nitrogen and oxygen atoms in total. The Morgan fingerprint density at radius 1 is 1.29 bits per heavy atom. The summed E-state index contributed by atoms with van der Waals surface area (Å²) in [5, 5.41) is 6.37. The Morgan fingerprint density at radius 3 is 3.08 bits per heavy atom. The van der Waals surface area contributed by atoms with Crippen LogP contribution >= 0.6 is 23.1 Å². The number of anilines is 1.